The minimum Gasteiger partial charge on any atom is -0.367 e. The zero-order chi connectivity index (χ0) is 25.7. The Hall–Kier alpha value is -3.26. The number of piperazine rings is 1. The second-order valence-electron chi connectivity index (χ2n) is 9.65. The Morgan fingerprint density at radius 2 is 1.75 bits per heavy atom. The van der Waals surface area contributed by atoms with E-state index in [9.17, 15) is 4.79 Å². The molecule has 0 saturated carbocycles. The number of amides is 1. The van der Waals surface area contributed by atoms with Crippen molar-refractivity contribution in [2.45, 2.75) is 52.5 Å². The molecule has 0 spiro atoms. The number of rotatable bonds is 9. The molecule has 0 aliphatic carbocycles. The fourth-order valence-electron chi connectivity index (χ4n) is 4.72. The van der Waals surface area contributed by atoms with Crippen LogP contribution in [0.1, 0.15) is 69.8 Å². The normalized spacial score (nSPS) is 15.5. The van der Waals surface area contributed by atoms with Crippen LogP contribution in [0.4, 0.5) is 15.8 Å². The number of hydrogen-bond donors (Lipinski definition) is 1. The number of halogens is 1. The SMILES string of the molecule is CCC(CC)C(=O)Nc1ccc(N2CCN(C(c3ccccc3)c3noc(C(C)C)n3)CC2)c(F)c1. The molecular weight excluding hydrogens is 457 g/mol. The van der Waals surface area contributed by atoms with Crippen LogP contribution in [0.3, 0.4) is 0 Å². The van der Waals surface area contributed by atoms with E-state index in [1.807, 2.05) is 45.9 Å². The van der Waals surface area contributed by atoms with Gasteiger partial charge in [0.25, 0.3) is 0 Å². The summed E-state index contributed by atoms with van der Waals surface area (Å²) in [7, 11) is 0. The fourth-order valence-corrected chi connectivity index (χ4v) is 4.72. The van der Waals surface area contributed by atoms with Crippen LogP contribution in [0.25, 0.3) is 0 Å². The lowest BCUT2D eigenvalue weighted by atomic mass is 10.0. The lowest BCUT2D eigenvalue weighted by Crippen LogP contribution is -2.48. The van der Waals surface area contributed by atoms with Gasteiger partial charge in [0.1, 0.15) is 5.82 Å². The Kier molecular flexibility index (Phi) is 8.36. The Morgan fingerprint density at radius 1 is 1.06 bits per heavy atom. The molecule has 1 saturated heterocycles. The molecule has 192 valence electrons. The minimum absolute atomic E-state index is 0.0604. The highest BCUT2D eigenvalue weighted by Crippen LogP contribution is 2.31. The first-order valence-electron chi connectivity index (χ1n) is 12.9. The van der Waals surface area contributed by atoms with Crippen molar-refractivity contribution in [3.05, 3.63) is 71.6 Å². The number of hydrogen-bond acceptors (Lipinski definition) is 6. The third-order valence-electron chi connectivity index (χ3n) is 6.90. The number of aromatic nitrogens is 2. The van der Waals surface area contributed by atoms with Crippen LogP contribution in [0.15, 0.2) is 53.1 Å². The molecule has 1 aromatic heterocycles. The molecule has 36 heavy (non-hydrogen) atoms. The Balaban J connectivity index is 1.46. The van der Waals surface area contributed by atoms with Crippen molar-refractivity contribution >= 4 is 17.3 Å². The average molecular weight is 494 g/mol. The number of nitrogens with zero attached hydrogens (tertiary/aromatic N) is 4. The number of carbonyl (C=O) groups is 1. The lowest BCUT2D eigenvalue weighted by Gasteiger charge is -2.39. The van der Waals surface area contributed by atoms with E-state index in [1.54, 1.807) is 12.1 Å². The molecule has 1 fully saturated rings. The van der Waals surface area contributed by atoms with E-state index in [1.165, 1.54) is 6.07 Å². The Bertz CT molecular complexity index is 1140. The maximum atomic E-state index is 15.1. The van der Waals surface area contributed by atoms with Crippen LogP contribution in [0.5, 0.6) is 0 Å². The summed E-state index contributed by atoms with van der Waals surface area (Å²) in [6.45, 7) is 10.8. The van der Waals surface area contributed by atoms with Gasteiger partial charge < -0.3 is 14.7 Å². The zero-order valence-electron chi connectivity index (χ0n) is 21.6. The summed E-state index contributed by atoms with van der Waals surface area (Å²) in [4.78, 5) is 21.4. The molecular formula is C28H36FN5O2. The Morgan fingerprint density at radius 3 is 2.33 bits per heavy atom. The summed E-state index contributed by atoms with van der Waals surface area (Å²) in [5.41, 5.74) is 2.15. The van der Waals surface area contributed by atoms with Gasteiger partial charge in [0.2, 0.25) is 11.8 Å². The molecule has 0 bridgehead atoms. The number of nitrogens with one attached hydrogen (secondary N) is 1. The molecule has 2 aromatic carbocycles. The van der Waals surface area contributed by atoms with Gasteiger partial charge in [-0.15, -0.1) is 0 Å². The molecule has 1 atom stereocenters. The van der Waals surface area contributed by atoms with Gasteiger partial charge in [0.05, 0.1) is 11.7 Å². The summed E-state index contributed by atoms with van der Waals surface area (Å²) >= 11 is 0. The summed E-state index contributed by atoms with van der Waals surface area (Å²) in [5, 5.41) is 7.16. The topological polar surface area (TPSA) is 74.5 Å². The highest BCUT2D eigenvalue weighted by atomic mass is 19.1. The van der Waals surface area contributed by atoms with Crippen molar-refractivity contribution in [1.82, 2.24) is 15.0 Å². The number of carbonyl (C=O) groups excluding carboxylic acids is 1. The van der Waals surface area contributed by atoms with Crippen LogP contribution < -0.4 is 10.2 Å². The van der Waals surface area contributed by atoms with Crippen LogP contribution >= 0.6 is 0 Å². The third kappa shape index (κ3) is 5.75. The van der Waals surface area contributed by atoms with Crippen molar-refractivity contribution in [2.75, 3.05) is 36.4 Å². The van der Waals surface area contributed by atoms with E-state index in [-0.39, 0.29) is 29.6 Å². The zero-order valence-corrected chi connectivity index (χ0v) is 21.6. The molecule has 1 N–H and O–H groups in total. The largest absolute Gasteiger partial charge is 0.367 e. The highest BCUT2D eigenvalue weighted by molar-refractivity contribution is 5.92. The first-order valence-corrected chi connectivity index (χ1v) is 12.9. The van der Waals surface area contributed by atoms with E-state index >= 15 is 4.39 Å². The van der Waals surface area contributed by atoms with E-state index in [2.05, 4.69) is 37.4 Å². The monoisotopic (exact) mass is 493 g/mol. The minimum atomic E-state index is -0.329. The fraction of sp³-hybridized carbons (Fsp3) is 0.464. The van der Waals surface area contributed by atoms with Gasteiger partial charge in [-0.3, -0.25) is 9.69 Å². The predicted octanol–water partition coefficient (Wildman–Crippen LogP) is 5.62. The van der Waals surface area contributed by atoms with Crippen LogP contribution in [-0.4, -0.2) is 47.1 Å². The summed E-state index contributed by atoms with van der Waals surface area (Å²) in [6, 6.07) is 15.0. The molecule has 1 amide bonds. The van der Waals surface area contributed by atoms with Crippen molar-refractivity contribution in [3.8, 4) is 0 Å². The molecule has 1 unspecified atom stereocenters. The molecule has 7 nitrogen and oxygen atoms in total. The van der Waals surface area contributed by atoms with Gasteiger partial charge in [-0.2, -0.15) is 4.98 Å². The maximum Gasteiger partial charge on any atom is 0.229 e. The highest BCUT2D eigenvalue weighted by Gasteiger charge is 2.31. The molecule has 3 aromatic rings. The van der Waals surface area contributed by atoms with Crippen molar-refractivity contribution in [1.29, 1.82) is 0 Å². The third-order valence-corrected chi connectivity index (χ3v) is 6.90. The molecule has 0 radical (unpaired) electrons. The average Bonchev–Trinajstić information content (AvgIpc) is 3.36. The molecule has 4 rings (SSSR count). The van der Waals surface area contributed by atoms with E-state index in [4.69, 9.17) is 4.52 Å². The van der Waals surface area contributed by atoms with Gasteiger partial charge >= 0.3 is 0 Å². The van der Waals surface area contributed by atoms with E-state index < -0.39 is 0 Å². The van der Waals surface area contributed by atoms with Gasteiger partial charge in [0, 0.05) is 43.7 Å². The number of benzene rings is 2. The van der Waals surface area contributed by atoms with Gasteiger partial charge in [-0.25, -0.2) is 4.39 Å². The van der Waals surface area contributed by atoms with E-state index in [0.29, 0.717) is 36.2 Å². The molecule has 2 heterocycles. The molecule has 1 aliphatic rings. The second-order valence-corrected chi connectivity index (χ2v) is 9.65. The first-order chi connectivity index (χ1) is 17.4. The smallest absolute Gasteiger partial charge is 0.229 e. The summed E-state index contributed by atoms with van der Waals surface area (Å²) in [6.07, 6.45) is 1.53. The molecule has 1 aliphatic heterocycles. The number of anilines is 2. The van der Waals surface area contributed by atoms with Crippen LogP contribution in [0.2, 0.25) is 0 Å². The summed E-state index contributed by atoms with van der Waals surface area (Å²) in [5.74, 6) is 0.990. The van der Waals surface area contributed by atoms with E-state index in [0.717, 1.165) is 31.5 Å². The first kappa shape index (κ1) is 25.8. The predicted molar refractivity (Wildman–Crippen MR) is 140 cm³/mol. The summed E-state index contributed by atoms with van der Waals surface area (Å²) < 4.78 is 20.6. The maximum absolute atomic E-state index is 15.1. The van der Waals surface area contributed by atoms with Crippen molar-refractivity contribution in [2.24, 2.45) is 5.92 Å². The Labute approximate surface area is 212 Å². The lowest BCUT2D eigenvalue weighted by molar-refractivity contribution is -0.120. The van der Waals surface area contributed by atoms with Crippen molar-refractivity contribution in [3.63, 3.8) is 0 Å². The van der Waals surface area contributed by atoms with Gasteiger partial charge in [-0.05, 0) is 36.6 Å². The second kappa shape index (κ2) is 11.6. The van der Waals surface area contributed by atoms with Crippen LogP contribution in [0, 0.1) is 11.7 Å². The standard InChI is InChI=1S/C28H36FN5O2/c1-5-20(6-2)27(35)30-22-12-13-24(23(29)18-22)33-14-16-34(17-15-33)25(21-10-8-7-9-11-21)26-31-28(19(3)4)36-32-26/h7-13,18-20,25H,5-6,14-17H2,1-4H3,(H,30,35). The van der Waals surface area contributed by atoms with Gasteiger partial charge in [0.15, 0.2) is 5.82 Å². The van der Waals surface area contributed by atoms with Gasteiger partial charge in [-0.1, -0.05) is 63.2 Å². The molecule has 8 heteroatoms. The van der Waals surface area contributed by atoms with Crippen LogP contribution in [-0.2, 0) is 4.79 Å². The van der Waals surface area contributed by atoms with Crippen molar-refractivity contribution < 1.29 is 13.7 Å². The quantitative estimate of drug-likeness (QED) is 0.417.